The van der Waals surface area contributed by atoms with Gasteiger partial charge in [0.1, 0.15) is 0 Å². The Labute approximate surface area is 137 Å². The third kappa shape index (κ3) is 4.97. The largest absolute Gasteiger partial charge is 0.381 e. The van der Waals surface area contributed by atoms with Gasteiger partial charge in [-0.25, -0.2) is 0 Å². The highest BCUT2D eigenvalue weighted by Crippen LogP contribution is 2.30. The number of hydrogen-bond acceptors (Lipinski definition) is 3. The Hall–Kier alpha value is -0.580. The van der Waals surface area contributed by atoms with Gasteiger partial charge >= 0.3 is 0 Å². The predicted molar refractivity (Wildman–Crippen MR) is 92.9 cm³/mol. The number of benzene rings is 1. The molecule has 1 aromatic carbocycles. The van der Waals surface area contributed by atoms with E-state index in [2.05, 4.69) is 65.2 Å². The van der Waals surface area contributed by atoms with Crippen molar-refractivity contribution in [1.29, 1.82) is 0 Å². The zero-order valence-corrected chi connectivity index (χ0v) is 14.9. The SMILES string of the molecule is CC(C)CNCc1ccc(N(C)C2CCOCC2)c(Br)c1. The highest BCUT2D eigenvalue weighted by Gasteiger charge is 2.20. The summed E-state index contributed by atoms with van der Waals surface area (Å²) < 4.78 is 6.63. The van der Waals surface area contributed by atoms with Crippen LogP contribution in [0.2, 0.25) is 0 Å². The highest BCUT2D eigenvalue weighted by molar-refractivity contribution is 9.10. The van der Waals surface area contributed by atoms with Gasteiger partial charge in [-0.15, -0.1) is 0 Å². The standard InChI is InChI=1S/C17H27BrN2O/c1-13(2)11-19-12-14-4-5-17(16(18)10-14)20(3)15-6-8-21-9-7-15/h4-5,10,13,15,19H,6-9,11-12H2,1-3H3. The molecular formula is C17H27BrN2O. The van der Waals surface area contributed by atoms with Gasteiger partial charge in [-0.1, -0.05) is 19.9 Å². The first kappa shape index (κ1) is 16.8. The Morgan fingerprint density at radius 1 is 1.33 bits per heavy atom. The molecule has 4 heteroatoms. The summed E-state index contributed by atoms with van der Waals surface area (Å²) in [6, 6.07) is 7.27. The van der Waals surface area contributed by atoms with Gasteiger partial charge in [0.05, 0.1) is 5.69 Å². The van der Waals surface area contributed by atoms with Crippen LogP contribution in [0.25, 0.3) is 0 Å². The summed E-state index contributed by atoms with van der Waals surface area (Å²) in [5.41, 5.74) is 2.60. The van der Waals surface area contributed by atoms with E-state index in [9.17, 15) is 0 Å². The number of ether oxygens (including phenoxy) is 1. The van der Waals surface area contributed by atoms with Gasteiger partial charge in [0.25, 0.3) is 0 Å². The van der Waals surface area contributed by atoms with Gasteiger partial charge in [0.2, 0.25) is 0 Å². The lowest BCUT2D eigenvalue weighted by Gasteiger charge is -2.33. The van der Waals surface area contributed by atoms with Crippen molar-refractivity contribution in [3.8, 4) is 0 Å². The lowest BCUT2D eigenvalue weighted by molar-refractivity contribution is 0.0854. The summed E-state index contributed by atoms with van der Waals surface area (Å²) in [6.45, 7) is 8.21. The van der Waals surface area contributed by atoms with E-state index in [1.165, 1.54) is 15.7 Å². The molecule has 1 aliphatic rings. The summed E-state index contributed by atoms with van der Waals surface area (Å²) in [5.74, 6) is 0.687. The van der Waals surface area contributed by atoms with E-state index in [1.54, 1.807) is 0 Å². The number of rotatable bonds is 6. The van der Waals surface area contributed by atoms with Crippen LogP contribution in [0, 0.1) is 5.92 Å². The molecule has 3 nitrogen and oxygen atoms in total. The number of hydrogen-bond donors (Lipinski definition) is 1. The molecule has 1 aliphatic heterocycles. The normalized spacial score (nSPS) is 16.4. The summed E-state index contributed by atoms with van der Waals surface area (Å²) in [5, 5.41) is 3.49. The maximum absolute atomic E-state index is 5.45. The van der Waals surface area contributed by atoms with Crippen molar-refractivity contribution >= 4 is 21.6 Å². The van der Waals surface area contributed by atoms with Crippen molar-refractivity contribution in [2.24, 2.45) is 5.92 Å². The number of nitrogens with zero attached hydrogens (tertiary/aromatic N) is 1. The van der Waals surface area contributed by atoms with E-state index in [1.807, 2.05) is 0 Å². The van der Waals surface area contributed by atoms with Crippen LogP contribution in [-0.2, 0) is 11.3 Å². The second kappa shape index (κ2) is 8.16. The first-order valence-electron chi connectivity index (χ1n) is 7.87. The zero-order chi connectivity index (χ0) is 15.2. The summed E-state index contributed by atoms with van der Waals surface area (Å²) in [4.78, 5) is 2.39. The second-order valence-electron chi connectivity index (χ2n) is 6.26. The van der Waals surface area contributed by atoms with Crippen LogP contribution in [-0.4, -0.2) is 32.8 Å². The molecule has 0 atom stereocenters. The van der Waals surface area contributed by atoms with E-state index >= 15 is 0 Å². The van der Waals surface area contributed by atoms with Crippen LogP contribution in [0.4, 0.5) is 5.69 Å². The molecule has 0 radical (unpaired) electrons. The fraction of sp³-hybridized carbons (Fsp3) is 0.647. The predicted octanol–water partition coefficient (Wildman–Crippen LogP) is 3.81. The van der Waals surface area contributed by atoms with Crippen LogP contribution in [0.3, 0.4) is 0 Å². The molecule has 1 heterocycles. The minimum Gasteiger partial charge on any atom is -0.381 e. The summed E-state index contributed by atoms with van der Waals surface area (Å²) in [6.07, 6.45) is 2.22. The molecule has 0 bridgehead atoms. The first-order valence-corrected chi connectivity index (χ1v) is 8.67. The molecule has 0 amide bonds. The van der Waals surface area contributed by atoms with E-state index in [0.29, 0.717) is 12.0 Å². The zero-order valence-electron chi connectivity index (χ0n) is 13.4. The minimum atomic E-state index is 0.583. The van der Waals surface area contributed by atoms with Crippen molar-refractivity contribution in [1.82, 2.24) is 5.32 Å². The Morgan fingerprint density at radius 3 is 2.67 bits per heavy atom. The average molecular weight is 355 g/mol. The lowest BCUT2D eigenvalue weighted by Crippen LogP contribution is -2.36. The van der Waals surface area contributed by atoms with Crippen molar-refractivity contribution in [2.75, 3.05) is 31.7 Å². The van der Waals surface area contributed by atoms with Crippen LogP contribution in [0.1, 0.15) is 32.3 Å². The molecule has 0 spiro atoms. The van der Waals surface area contributed by atoms with E-state index in [-0.39, 0.29) is 0 Å². The van der Waals surface area contributed by atoms with Crippen LogP contribution < -0.4 is 10.2 Å². The van der Waals surface area contributed by atoms with E-state index in [0.717, 1.165) is 39.1 Å². The van der Waals surface area contributed by atoms with Gasteiger partial charge in [0, 0.05) is 37.3 Å². The number of nitrogens with one attached hydrogen (secondary N) is 1. The first-order chi connectivity index (χ1) is 10.1. The molecule has 118 valence electrons. The fourth-order valence-corrected chi connectivity index (χ4v) is 3.43. The van der Waals surface area contributed by atoms with Crippen LogP contribution in [0.5, 0.6) is 0 Å². The molecule has 0 aromatic heterocycles. The monoisotopic (exact) mass is 354 g/mol. The summed E-state index contributed by atoms with van der Waals surface area (Å²) in [7, 11) is 2.19. The Balaban J connectivity index is 1.97. The third-order valence-corrected chi connectivity index (χ3v) is 4.65. The van der Waals surface area contributed by atoms with Crippen LogP contribution >= 0.6 is 15.9 Å². The van der Waals surface area contributed by atoms with Gasteiger partial charge in [0.15, 0.2) is 0 Å². The molecular weight excluding hydrogens is 328 g/mol. The number of halogens is 1. The van der Waals surface area contributed by atoms with E-state index in [4.69, 9.17) is 4.74 Å². The topological polar surface area (TPSA) is 24.5 Å². The van der Waals surface area contributed by atoms with Crippen LogP contribution in [0.15, 0.2) is 22.7 Å². The maximum atomic E-state index is 5.45. The van der Waals surface area contributed by atoms with Gasteiger partial charge in [-0.2, -0.15) is 0 Å². The molecule has 1 saturated heterocycles. The molecule has 0 aliphatic carbocycles. The molecule has 21 heavy (non-hydrogen) atoms. The van der Waals surface area contributed by atoms with Gasteiger partial charge in [-0.3, -0.25) is 0 Å². The molecule has 1 aromatic rings. The third-order valence-electron chi connectivity index (χ3n) is 4.01. The van der Waals surface area contributed by atoms with Gasteiger partial charge < -0.3 is 15.0 Å². The van der Waals surface area contributed by atoms with E-state index < -0.39 is 0 Å². The molecule has 1 fully saturated rings. The van der Waals surface area contributed by atoms with Crippen molar-refractivity contribution in [3.63, 3.8) is 0 Å². The second-order valence-corrected chi connectivity index (χ2v) is 7.12. The van der Waals surface area contributed by atoms with Crippen molar-refractivity contribution in [3.05, 3.63) is 28.2 Å². The quantitative estimate of drug-likeness (QED) is 0.840. The maximum Gasteiger partial charge on any atom is 0.0510 e. The Morgan fingerprint density at radius 2 is 2.05 bits per heavy atom. The van der Waals surface area contributed by atoms with Crippen molar-refractivity contribution in [2.45, 2.75) is 39.3 Å². The van der Waals surface area contributed by atoms with Crippen molar-refractivity contribution < 1.29 is 4.74 Å². The molecule has 0 saturated carbocycles. The highest BCUT2D eigenvalue weighted by atomic mass is 79.9. The fourth-order valence-electron chi connectivity index (χ4n) is 2.72. The molecule has 1 N–H and O–H groups in total. The lowest BCUT2D eigenvalue weighted by atomic mass is 10.1. The molecule has 0 unspecified atom stereocenters. The Bertz CT molecular complexity index is 444. The minimum absolute atomic E-state index is 0.583. The smallest absolute Gasteiger partial charge is 0.0510 e. The van der Waals surface area contributed by atoms with Gasteiger partial charge in [-0.05, 0) is 58.9 Å². The number of anilines is 1. The summed E-state index contributed by atoms with van der Waals surface area (Å²) >= 11 is 3.73. The Kier molecular flexibility index (Phi) is 6.52. The molecule has 2 rings (SSSR count). The average Bonchev–Trinajstić information content (AvgIpc) is 2.47.